The van der Waals surface area contributed by atoms with Crippen molar-refractivity contribution < 1.29 is 13.5 Å². The van der Waals surface area contributed by atoms with Gasteiger partial charge in [-0.3, -0.25) is 0 Å². The van der Waals surface area contributed by atoms with E-state index in [1.807, 2.05) is 55.5 Å². The molecule has 0 radical (unpaired) electrons. The van der Waals surface area contributed by atoms with Gasteiger partial charge in [-0.25, -0.2) is 12.4 Å². The first-order chi connectivity index (χ1) is 15.2. The van der Waals surface area contributed by atoms with E-state index in [1.165, 1.54) is 3.97 Å². The van der Waals surface area contributed by atoms with Gasteiger partial charge in [-0.1, -0.05) is 72.3 Å². The zero-order valence-corrected chi connectivity index (χ0v) is 19.1. The van der Waals surface area contributed by atoms with E-state index in [0.29, 0.717) is 11.9 Å². The summed E-state index contributed by atoms with van der Waals surface area (Å²) in [7, 11) is -3.78. The molecule has 0 bridgehead atoms. The Bertz CT molecular complexity index is 1350. The topological polar surface area (TPSA) is 59.3 Å². The van der Waals surface area contributed by atoms with Crippen molar-refractivity contribution >= 4 is 20.9 Å². The van der Waals surface area contributed by atoms with Gasteiger partial charge in [-0.05, 0) is 49.6 Å². The zero-order chi connectivity index (χ0) is 22.9. The van der Waals surface area contributed by atoms with Crippen LogP contribution < -0.4 is 0 Å². The molecule has 0 saturated heterocycles. The maximum Gasteiger partial charge on any atom is 0.268 e. The highest BCUT2D eigenvalue weighted by Gasteiger charge is 2.30. The lowest BCUT2D eigenvalue weighted by Gasteiger charge is -2.27. The first-order valence-electron chi connectivity index (χ1n) is 10.6. The third kappa shape index (κ3) is 4.01. The Hall–Kier alpha value is -3.15. The number of fused-ring (bicyclic) bond motifs is 1. The maximum atomic E-state index is 13.5. The average Bonchev–Trinajstić information content (AvgIpc) is 3.19. The molecule has 0 aliphatic heterocycles. The second-order valence-corrected chi connectivity index (χ2v) is 10.2. The van der Waals surface area contributed by atoms with Crippen LogP contribution in [0.4, 0.5) is 0 Å². The Morgan fingerprint density at radius 1 is 1.00 bits per heavy atom. The van der Waals surface area contributed by atoms with Gasteiger partial charge >= 0.3 is 0 Å². The normalized spacial score (nSPS) is 14.7. The van der Waals surface area contributed by atoms with E-state index in [0.717, 1.165) is 22.1 Å². The van der Waals surface area contributed by atoms with Gasteiger partial charge in [-0.2, -0.15) is 0 Å². The molecular formula is C27H27NO3S. The van der Waals surface area contributed by atoms with Gasteiger partial charge in [0.2, 0.25) is 0 Å². The van der Waals surface area contributed by atoms with Crippen LogP contribution in [0.5, 0.6) is 0 Å². The molecule has 0 spiro atoms. The van der Waals surface area contributed by atoms with Gasteiger partial charge in [-0.15, -0.1) is 6.58 Å². The quantitative estimate of drug-likeness (QED) is 0.368. The first-order valence-corrected chi connectivity index (χ1v) is 12.0. The summed E-state index contributed by atoms with van der Waals surface area (Å²) in [6, 6.07) is 23.8. The summed E-state index contributed by atoms with van der Waals surface area (Å²) in [5.74, 6) is -0.246. The second-order valence-electron chi connectivity index (χ2n) is 8.40. The highest BCUT2D eigenvalue weighted by Crippen LogP contribution is 2.38. The number of hydrogen-bond acceptors (Lipinski definition) is 3. The Labute approximate surface area is 189 Å². The number of para-hydroxylation sites is 1. The van der Waals surface area contributed by atoms with Crippen LogP contribution in [-0.2, 0) is 15.6 Å². The molecule has 0 amide bonds. The maximum absolute atomic E-state index is 13.5. The zero-order valence-electron chi connectivity index (χ0n) is 18.3. The molecule has 3 aromatic carbocycles. The van der Waals surface area contributed by atoms with Crippen LogP contribution in [0.25, 0.3) is 10.9 Å². The lowest BCUT2D eigenvalue weighted by molar-refractivity contribution is 0.0441. The molecule has 1 aromatic heterocycles. The molecule has 0 fully saturated rings. The molecule has 0 unspecified atom stereocenters. The Morgan fingerprint density at radius 2 is 1.62 bits per heavy atom. The molecule has 2 atom stereocenters. The summed E-state index contributed by atoms with van der Waals surface area (Å²) in [6.45, 7) is 7.69. The summed E-state index contributed by atoms with van der Waals surface area (Å²) in [6.07, 6.45) is 3.83. The summed E-state index contributed by atoms with van der Waals surface area (Å²) in [5, 5.41) is 12.0. The monoisotopic (exact) mass is 445 g/mol. The van der Waals surface area contributed by atoms with E-state index in [1.54, 1.807) is 49.5 Å². The molecule has 4 rings (SSSR count). The van der Waals surface area contributed by atoms with Gasteiger partial charge in [0.05, 0.1) is 16.0 Å². The lowest BCUT2D eigenvalue weighted by Crippen LogP contribution is -2.23. The van der Waals surface area contributed by atoms with E-state index in [9.17, 15) is 13.5 Å². The van der Waals surface area contributed by atoms with Crippen LogP contribution in [-0.4, -0.2) is 17.5 Å². The molecule has 32 heavy (non-hydrogen) atoms. The van der Waals surface area contributed by atoms with Crippen molar-refractivity contribution in [1.82, 2.24) is 3.97 Å². The Morgan fingerprint density at radius 3 is 2.28 bits per heavy atom. The first kappa shape index (κ1) is 22.1. The third-order valence-electron chi connectivity index (χ3n) is 5.98. The number of nitrogens with zero attached hydrogens (tertiary/aromatic N) is 1. The highest BCUT2D eigenvalue weighted by atomic mass is 32.2. The number of aryl methyl sites for hydroxylation is 1. The van der Waals surface area contributed by atoms with E-state index in [2.05, 4.69) is 6.58 Å². The molecule has 0 aliphatic rings. The minimum Gasteiger partial charge on any atom is -0.385 e. The van der Waals surface area contributed by atoms with Gasteiger partial charge in [0.1, 0.15) is 0 Å². The number of hydrogen-bond donors (Lipinski definition) is 1. The van der Waals surface area contributed by atoms with Crippen LogP contribution in [0, 0.1) is 6.92 Å². The molecule has 0 aliphatic carbocycles. The number of aromatic nitrogens is 1. The molecule has 5 heteroatoms. The predicted octanol–water partition coefficient (Wildman–Crippen LogP) is 5.75. The molecule has 164 valence electrons. The van der Waals surface area contributed by atoms with Crippen molar-refractivity contribution in [3.8, 4) is 0 Å². The molecule has 4 nitrogen and oxygen atoms in total. The largest absolute Gasteiger partial charge is 0.385 e. The van der Waals surface area contributed by atoms with Crippen molar-refractivity contribution in [3.05, 3.63) is 114 Å². The standard InChI is InChI=1S/C27H27NO3S/c1-4-21(18-27(3,29)22-10-6-5-7-11-22)25-19-28(26-13-9-8-12-24(25)26)32(30,31)23-16-14-20(2)15-17-23/h4-17,19,21,29H,1,18H2,2-3H3/t21-,27-/m1/s1. The molecule has 1 N–H and O–H groups in total. The lowest BCUT2D eigenvalue weighted by atomic mass is 9.83. The van der Waals surface area contributed by atoms with Crippen LogP contribution >= 0.6 is 0 Å². The summed E-state index contributed by atoms with van der Waals surface area (Å²) in [5.41, 5.74) is 2.13. The Kier molecular flexibility index (Phi) is 5.80. The minimum atomic E-state index is -3.78. The molecule has 0 saturated carbocycles. The van der Waals surface area contributed by atoms with Crippen LogP contribution in [0.1, 0.15) is 36.0 Å². The minimum absolute atomic E-state index is 0.238. The van der Waals surface area contributed by atoms with Gasteiger partial charge in [0, 0.05) is 17.5 Å². The predicted molar refractivity (Wildman–Crippen MR) is 129 cm³/mol. The summed E-state index contributed by atoms with van der Waals surface area (Å²) in [4.78, 5) is 0.238. The molecule has 1 heterocycles. The van der Waals surface area contributed by atoms with E-state index >= 15 is 0 Å². The van der Waals surface area contributed by atoms with Crippen molar-refractivity contribution in [2.24, 2.45) is 0 Å². The van der Waals surface area contributed by atoms with Crippen LogP contribution in [0.3, 0.4) is 0 Å². The summed E-state index contributed by atoms with van der Waals surface area (Å²) >= 11 is 0. The van der Waals surface area contributed by atoms with Gasteiger partial charge in [0.25, 0.3) is 10.0 Å². The van der Waals surface area contributed by atoms with Gasteiger partial charge in [0.15, 0.2) is 0 Å². The van der Waals surface area contributed by atoms with Crippen molar-refractivity contribution in [3.63, 3.8) is 0 Å². The SMILES string of the molecule is C=C[C@H](C[C@@](C)(O)c1ccccc1)c1cn(S(=O)(=O)c2ccc(C)cc2)c2ccccc12. The molecule has 4 aromatic rings. The van der Waals surface area contributed by atoms with Gasteiger partial charge < -0.3 is 5.11 Å². The Balaban J connectivity index is 1.82. The number of aliphatic hydroxyl groups is 1. The second kappa shape index (κ2) is 8.41. The smallest absolute Gasteiger partial charge is 0.268 e. The van der Waals surface area contributed by atoms with Crippen molar-refractivity contribution in [2.45, 2.75) is 36.7 Å². The van der Waals surface area contributed by atoms with E-state index in [-0.39, 0.29) is 10.8 Å². The number of rotatable bonds is 7. The fourth-order valence-electron chi connectivity index (χ4n) is 4.16. The highest BCUT2D eigenvalue weighted by molar-refractivity contribution is 7.90. The number of allylic oxidation sites excluding steroid dienone is 1. The average molecular weight is 446 g/mol. The fourth-order valence-corrected chi connectivity index (χ4v) is 5.53. The van der Waals surface area contributed by atoms with Crippen LogP contribution in [0.2, 0.25) is 0 Å². The van der Waals surface area contributed by atoms with Crippen molar-refractivity contribution in [2.75, 3.05) is 0 Å². The molecular weight excluding hydrogens is 418 g/mol. The van der Waals surface area contributed by atoms with E-state index in [4.69, 9.17) is 0 Å². The number of benzene rings is 3. The fraction of sp³-hybridized carbons (Fsp3) is 0.185. The summed E-state index contributed by atoms with van der Waals surface area (Å²) < 4.78 is 28.3. The third-order valence-corrected chi connectivity index (χ3v) is 7.67. The van der Waals surface area contributed by atoms with E-state index < -0.39 is 15.6 Å². The van der Waals surface area contributed by atoms with Crippen LogP contribution in [0.15, 0.2) is 103 Å². The van der Waals surface area contributed by atoms with Crippen molar-refractivity contribution in [1.29, 1.82) is 0 Å².